The molecule has 3 N–H and O–H groups in total. The van der Waals surface area contributed by atoms with Crippen LogP contribution in [0.4, 0.5) is 0 Å². The van der Waals surface area contributed by atoms with Gasteiger partial charge in [0.05, 0.1) is 0 Å². The number of phenols is 1. The number of nitrogens with two attached hydrogens (primary N) is 1. The molecular weight excluding hydrogens is 200 g/mol. The molecule has 0 bridgehead atoms. The second-order valence-electron chi connectivity index (χ2n) is 4.54. The van der Waals surface area contributed by atoms with E-state index >= 15 is 0 Å². The summed E-state index contributed by atoms with van der Waals surface area (Å²) in [6.45, 7) is 4.08. The minimum Gasteiger partial charge on any atom is -0.508 e. The summed E-state index contributed by atoms with van der Waals surface area (Å²) in [5.41, 5.74) is 7.03. The lowest BCUT2D eigenvalue weighted by Crippen LogP contribution is -2.37. The normalized spacial score (nSPS) is 23.5. The summed E-state index contributed by atoms with van der Waals surface area (Å²) in [5, 5.41) is 9.27. The third kappa shape index (κ3) is 2.20. The van der Waals surface area contributed by atoms with Crippen molar-refractivity contribution >= 4 is 0 Å². The van der Waals surface area contributed by atoms with Crippen LogP contribution in [0.1, 0.15) is 31.4 Å². The average molecular weight is 220 g/mol. The van der Waals surface area contributed by atoms with E-state index in [1.54, 1.807) is 12.1 Å². The van der Waals surface area contributed by atoms with Crippen molar-refractivity contribution in [1.82, 2.24) is 4.90 Å². The molecule has 2 unspecified atom stereocenters. The lowest BCUT2D eigenvalue weighted by Gasteiger charge is -2.30. The van der Waals surface area contributed by atoms with Gasteiger partial charge in [-0.05, 0) is 44.0 Å². The van der Waals surface area contributed by atoms with Crippen LogP contribution in [0.5, 0.6) is 5.75 Å². The van der Waals surface area contributed by atoms with Gasteiger partial charge in [-0.3, -0.25) is 4.90 Å². The van der Waals surface area contributed by atoms with E-state index in [1.807, 2.05) is 12.1 Å². The first-order valence-electron chi connectivity index (χ1n) is 5.97. The van der Waals surface area contributed by atoms with Crippen LogP contribution in [0, 0.1) is 0 Å². The zero-order valence-electron chi connectivity index (χ0n) is 9.76. The Morgan fingerprint density at radius 1 is 1.44 bits per heavy atom. The number of benzene rings is 1. The molecule has 0 radical (unpaired) electrons. The topological polar surface area (TPSA) is 49.5 Å². The third-order valence-electron chi connectivity index (χ3n) is 3.57. The van der Waals surface area contributed by atoms with Gasteiger partial charge in [0.25, 0.3) is 0 Å². The monoisotopic (exact) mass is 220 g/mol. The van der Waals surface area contributed by atoms with Crippen molar-refractivity contribution < 1.29 is 5.11 Å². The van der Waals surface area contributed by atoms with Crippen molar-refractivity contribution in [1.29, 1.82) is 0 Å². The molecule has 3 nitrogen and oxygen atoms in total. The molecule has 0 spiro atoms. The van der Waals surface area contributed by atoms with E-state index in [4.69, 9.17) is 5.73 Å². The van der Waals surface area contributed by atoms with Gasteiger partial charge < -0.3 is 10.8 Å². The predicted octanol–water partition coefficient (Wildman–Crippen LogP) is 1.88. The third-order valence-corrected chi connectivity index (χ3v) is 3.57. The molecule has 1 aromatic rings. The summed E-state index contributed by atoms with van der Waals surface area (Å²) >= 11 is 0. The van der Waals surface area contributed by atoms with Crippen LogP contribution in [-0.4, -0.2) is 29.1 Å². The molecule has 0 aliphatic carbocycles. The van der Waals surface area contributed by atoms with E-state index in [1.165, 1.54) is 18.4 Å². The van der Waals surface area contributed by atoms with Gasteiger partial charge in [0.2, 0.25) is 0 Å². The molecular formula is C13H20N2O. The largest absolute Gasteiger partial charge is 0.508 e. The summed E-state index contributed by atoms with van der Waals surface area (Å²) in [6, 6.07) is 8.39. The number of nitrogens with zero attached hydrogens (tertiary/aromatic N) is 1. The Bertz CT molecular complexity index is 336. The molecule has 1 fully saturated rings. The highest BCUT2D eigenvalue weighted by Gasteiger charge is 2.27. The number of hydrogen-bond acceptors (Lipinski definition) is 3. The molecule has 88 valence electrons. The van der Waals surface area contributed by atoms with Crippen LogP contribution in [0.3, 0.4) is 0 Å². The van der Waals surface area contributed by atoms with E-state index in [-0.39, 0.29) is 0 Å². The number of phenolic OH excluding ortho intramolecular Hbond substituents is 1. The van der Waals surface area contributed by atoms with Crippen LogP contribution in [0.15, 0.2) is 24.3 Å². The maximum Gasteiger partial charge on any atom is 0.115 e. The summed E-state index contributed by atoms with van der Waals surface area (Å²) in [6.07, 6.45) is 2.45. The summed E-state index contributed by atoms with van der Waals surface area (Å²) in [5.74, 6) is 0.327. The van der Waals surface area contributed by atoms with Crippen LogP contribution >= 0.6 is 0 Å². The fourth-order valence-corrected chi connectivity index (χ4v) is 2.57. The SMILES string of the molecule is CC(c1ccc(O)cc1)N1CCCC1CN. The van der Waals surface area contributed by atoms with Gasteiger partial charge in [-0.2, -0.15) is 0 Å². The number of hydrogen-bond donors (Lipinski definition) is 2. The van der Waals surface area contributed by atoms with E-state index in [9.17, 15) is 5.11 Å². The molecule has 1 aliphatic heterocycles. The first-order valence-corrected chi connectivity index (χ1v) is 5.97. The van der Waals surface area contributed by atoms with Crippen LogP contribution < -0.4 is 5.73 Å². The van der Waals surface area contributed by atoms with E-state index < -0.39 is 0 Å². The number of aromatic hydroxyl groups is 1. The lowest BCUT2D eigenvalue weighted by molar-refractivity contribution is 0.197. The van der Waals surface area contributed by atoms with Crippen LogP contribution in [0.2, 0.25) is 0 Å². The van der Waals surface area contributed by atoms with Gasteiger partial charge in [-0.15, -0.1) is 0 Å². The molecule has 1 aromatic carbocycles. The Morgan fingerprint density at radius 2 is 2.12 bits per heavy atom. The van der Waals surface area contributed by atoms with Gasteiger partial charge in [-0.25, -0.2) is 0 Å². The highest BCUT2D eigenvalue weighted by atomic mass is 16.3. The Labute approximate surface area is 96.9 Å². The van der Waals surface area contributed by atoms with Gasteiger partial charge in [0.1, 0.15) is 5.75 Å². The molecule has 0 amide bonds. The molecule has 0 saturated carbocycles. The predicted molar refractivity (Wildman–Crippen MR) is 65.3 cm³/mol. The summed E-state index contributed by atoms with van der Waals surface area (Å²) < 4.78 is 0. The molecule has 1 aliphatic rings. The first-order chi connectivity index (χ1) is 7.72. The maximum absolute atomic E-state index is 9.27. The Morgan fingerprint density at radius 3 is 2.75 bits per heavy atom. The molecule has 0 aromatic heterocycles. The van der Waals surface area contributed by atoms with Crippen molar-refractivity contribution in [3.8, 4) is 5.75 Å². The fourth-order valence-electron chi connectivity index (χ4n) is 2.57. The summed E-state index contributed by atoms with van der Waals surface area (Å²) in [4.78, 5) is 2.46. The minimum absolute atomic E-state index is 0.327. The smallest absolute Gasteiger partial charge is 0.115 e. The minimum atomic E-state index is 0.327. The highest BCUT2D eigenvalue weighted by molar-refractivity contribution is 5.28. The highest BCUT2D eigenvalue weighted by Crippen LogP contribution is 2.29. The first kappa shape index (κ1) is 11.4. The second-order valence-corrected chi connectivity index (χ2v) is 4.54. The van der Waals surface area contributed by atoms with Gasteiger partial charge in [0.15, 0.2) is 0 Å². The molecule has 2 rings (SSSR count). The molecule has 16 heavy (non-hydrogen) atoms. The lowest BCUT2D eigenvalue weighted by atomic mass is 10.1. The standard InChI is InChI=1S/C13H20N2O/c1-10(11-4-6-13(16)7-5-11)15-8-2-3-12(15)9-14/h4-7,10,12,16H,2-3,8-9,14H2,1H3. The van der Waals surface area contributed by atoms with E-state index in [2.05, 4.69) is 11.8 Å². The molecule has 1 saturated heterocycles. The van der Waals surface area contributed by atoms with Crippen molar-refractivity contribution in [2.75, 3.05) is 13.1 Å². The van der Waals surface area contributed by atoms with E-state index in [0.717, 1.165) is 13.1 Å². The number of likely N-dealkylation sites (tertiary alicyclic amines) is 1. The molecule has 1 heterocycles. The Kier molecular flexibility index (Phi) is 3.46. The summed E-state index contributed by atoms with van der Waals surface area (Å²) in [7, 11) is 0. The Balaban J connectivity index is 2.12. The fraction of sp³-hybridized carbons (Fsp3) is 0.538. The zero-order chi connectivity index (χ0) is 11.5. The van der Waals surface area contributed by atoms with Crippen molar-refractivity contribution in [2.24, 2.45) is 5.73 Å². The second kappa shape index (κ2) is 4.85. The molecule has 3 heteroatoms. The zero-order valence-corrected chi connectivity index (χ0v) is 9.76. The van der Waals surface area contributed by atoms with Gasteiger partial charge in [0, 0.05) is 18.6 Å². The van der Waals surface area contributed by atoms with Crippen molar-refractivity contribution in [3.05, 3.63) is 29.8 Å². The Hall–Kier alpha value is -1.06. The van der Waals surface area contributed by atoms with Gasteiger partial charge in [-0.1, -0.05) is 12.1 Å². The van der Waals surface area contributed by atoms with Crippen molar-refractivity contribution in [3.63, 3.8) is 0 Å². The van der Waals surface area contributed by atoms with Crippen LogP contribution in [-0.2, 0) is 0 Å². The van der Waals surface area contributed by atoms with Crippen molar-refractivity contribution in [2.45, 2.75) is 31.8 Å². The maximum atomic E-state index is 9.27. The molecule has 2 atom stereocenters. The van der Waals surface area contributed by atoms with Crippen LogP contribution in [0.25, 0.3) is 0 Å². The van der Waals surface area contributed by atoms with Gasteiger partial charge >= 0.3 is 0 Å². The quantitative estimate of drug-likeness (QED) is 0.817. The average Bonchev–Trinajstić information content (AvgIpc) is 2.77. The van der Waals surface area contributed by atoms with E-state index in [0.29, 0.717) is 17.8 Å². The number of rotatable bonds is 3.